The lowest BCUT2D eigenvalue weighted by Crippen LogP contribution is -1.99. The fourth-order valence-corrected chi connectivity index (χ4v) is 2.28. The van der Waals surface area contributed by atoms with E-state index in [4.69, 9.17) is 4.74 Å². The van der Waals surface area contributed by atoms with Gasteiger partial charge < -0.3 is 4.74 Å². The molecule has 0 bridgehead atoms. The van der Waals surface area contributed by atoms with E-state index in [1.54, 1.807) is 0 Å². The van der Waals surface area contributed by atoms with Gasteiger partial charge in [-0.25, -0.2) is 0 Å². The van der Waals surface area contributed by atoms with E-state index in [9.17, 15) is 4.79 Å². The molecule has 76 valence electrons. The van der Waals surface area contributed by atoms with E-state index in [-0.39, 0.29) is 6.61 Å². The second-order valence-electron chi connectivity index (χ2n) is 3.08. The molecule has 0 aromatic heterocycles. The summed E-state index contributed by atoms with van der Waals surface area (Å²) in [5, 5.41) is 2.34. The van der Waals surface area contributed by atoms with Gasteiger partial charge in [-0.1, -0.05) is 30.3 Å². The van der Waals surface area contributed by atoms with Crippen LogP contribution in [0.3, 0.4) is 0 Å². The SMILES string of the molecule is O=CCOc1ccc2ccccc2c1I. The maximum atomic E-state index is 10.2. The molecule has 2 nitrogen and oxygen atoms in total. The summed E-state index contributed by atoms with van der Waals surface area (Å²) < 4.78 is 6.37. The Morgan fingerprint density at radius 3 is 2.80 bits per heavy atom. The quantitative estimate of drug-likeness (QED) is 0.643. The summed E-state index contributed by atoms with van der Waals surface area (Å²) in [6.45, 7) is 0.105. The summed E-state index contributed by atoms with van der Waals surface area (Å²) in [4.78, 5) is 10.2. The third-order valence-electron chi connectivity index (χ3n) is 2.13. The van der Waals surface area contributed by atoms with Crippen LogP contribution in [0.25, 0.3) is 10.8 Å². The second-order valence-corrected chi connectivity index (χ2v) is 4.16. The molecule has 2 aromatic rings. The maximum Gasteiger partial charge on any atom is 0.157 e. The van der Waals surface area contributed by atoms with E-state index >= 15 is 0 Å². The number of fused-ring (bicyclic) bond motifs is 1. The highest BCUT2D eigenvalue weighted by molar-refractivity contribution is 14.1. The molecule has 0 atom stereocenters. The lowest BCUT2D eigenvalue weighted by molar-refractivity contribution is -0.109. The van der Waals surface area contributed by atoms with Crippen molar-refractivity contribution in [2.45, 2.75) is 0 Å². The predicted molar refractivity (Wildman–Crippen MR) is 68.2 cm³/mol. The van der Waals surface area contributed by atoms with Crippen LogP contribution in [0.1, 0.15) is 0 Å². The number of hydrogen-bond acceptors (Lipinski definition) is 2. The minimum Gasteiger partial charge on any atom is -0.485 e. The third-order valence-corrected chi connectivity index (χ3v) is 3.25. The Balaban J connectivity index is 2.50. The van der Waals surface area contributed by atoms with Crippen LogP contribution in [0, 0.1) is 3.57 Å². The summed E-state index contributed by atoms with van der Waals surface area (Å²) >= 11 is 2.24. The number of carbonyl (C=O) groups is 1. The van der Waals surface area contributed by atoms with Crippen LogP contribution in [0.2, 0.25) is 0 Å². The van der Waals surface area contributed by atoms with Crippen LogP contribution < -0.4 is 4.74 Å². The minimum absolute atomic E-state index is 0.105. The average molecular weight is 312 g/mol. The standard InChI is InChI=1S/C12H9IO2/c13-12-10-4-2-1-3-9(10)5-6-11(12)15-8-7-14/h1-7H,8H2. The monoisotopic (exact) mass is 312 g/mol. The van der Waals surface area contributed by atoms with Gasteiger partial charge in [0.25, 0.3) is 0 Å². The molecule has 0 N–H and O–H groups in total. The molecule has 0 saturated heterocycles. The van der Waals surface area contributed by atoms with Crippen molar-refractivity contribution in [1.82, 2.24) is 0 Å². The zero-order valence-corrected chi connectivity index (χ0v) is 10.1. The van der Waals surface area contributed by atoms with Crippen molar-refractivity contribution < 1.29 is 9.53 Å². The highest BCUT2D eigenvalue weighted by Gasteiger charge is 2.04. The van der Waals surface area contributed by atoms with Crippen LogP contribution >= 0.6 is 22.6 Å². The van der Waals surface area contributed by atoms with Crippen molar-refractivity contribution in [2.24, 2.45) is 0 Å². The lowest BCUT2D eigenvalue weighted by Gasteiger charge is -2.07. The van der Waals surface area contributed by atoms with E-state index in [1.807, 2.05) is 30.3 Å². The molecular formula is C12H9IO2. The van der Waals surface area contributed by atoms with Gasteiger partial charge in [0.1, 0.15) is 12.4 Å². The summed E-state index contributed by atoms with van der Waals surface area (Å²) in [5.74, 6) is 0.765. The molecule has 0 heterocycles. The smallest absolute Gasteiger partial charge is 0.157 e. The predicted octanol–water partition coefficient (Wildman–Crippen LogP) is 3.02. The number of aldehydes is 1. The fourth-order valence-electron chi connectivity index (χ4n) is 1.45. The fraction of sp³-hybridized carbons (Fsp3) is 0.0833. The van der Waals surface area contributed by atoms with E-state index in [0.29, 0.717) is 0 Å². The van der Waals surface area contributed by atoms with Gasteiger partial charge in [-0.2, -0.15) is 0 Å². The Labute approximate surface area is 101 Å². The average Bonchev–Trinajstić information content (AvgIpc) is 2.29. The molecule has 0 fully saturated rings. The maximum absolute atomic E-state index is 10.2. The van der Waals surface area contributed by atoms with Gasteiger partial charge in [-0.3, -0.25) is 4.79 Å². The zero-order chi connectivity index (χ0) is 10.7. The van der Waals surface area contributed by atoms with Gasteiger partial charge >= 0.3 is 0 Å². The highest BCUT2D eigenvalue weighted by Crippen LogP contribution is 2.29. The Morgan fingerprint density at radius 1 is 1.20 bits per heavy atom. The van der Waals surface area contributed by atoms with Gasteiger partial charge in [0.05, 0.1) is 3.57 Å². The van der Waals surface area contributed by atoms with Crippen molar-refractivity contribution in [2.75, 3.05) is 6.61 Å². The van der Waals surface area contributed by atoms with E-state index in [2.05, 4.69) is 28.7 Å². The van der Waals surface area contributed by atoms with Crippen molar-refractivity contribution >= 4 is 39.6 Å². The van der Waals surface area contributed by atoms with Crippen LogP contribution in [-0.4, -0.2) is 12.9 Å². The number of halogens is 1. The van der Waals surface area contributed by atoms with Crippen LogP contribution in [0.4, 0.5) is 0 Å². The zero-order valence-electron chi connectivity index (χ0n) is 7.94. The summed E-state index contributed by atoms with van der Waals surface area (Å²) in [7, 11) is 0. The molecule has 0 spiro atoms. The number of hydrogen-bond donors (Lipinski definition) is 0. The molecule has 0 aliphatic rings. The Bertz CT molecular complexity index is 494. The molecule has 0 aliphatic heterocycles. The molecule has 0 aliphatic carbocycles. The van der Waals surface area contributed by atoms with Crippen LogP contribution in [-0.2, 0) is 4.79 Å². The van der Waals surface area contributed by atoms with Crippen molar-refractivity contribution in [1.29, 1.82) is 0 Å². The van der Waals surface area contributed by atoms with Crippen LogP contribution in [0.5, 0.6) is 5.75 Å². The van der Waals surface area contributed by atoms with Gasteiger partial charge in [0.15, 0.2) is 6.29 Å². The Morgan fingerprint density at radius 2 is 2.00 bits per heavy atom. The Kier molecular flexibility index (Phi) is 3.20. The summed E-state index contributed by atoms with van der Waals surface area (Å²) in [6, 6.07) is 12.0. The third kappa shape index (κ3) is 2.12. The summed E-state index contributed by atoms with van der Waals surface area (Å²) in [5.41, 5.74) is 0. The first-order valence-corrected chi connectivity index (χ1v) is 5.64. The first-order valence-electron chi connectivity index (χ1n) is 4.56. The van der Waals surface area contributed by atoms with Crippen molar-refractivity contribution in [3.8, 4) is 5.75 Å². The Hall–Kier alpha value is -1.10. The molecule has 0 saturated carbocycles. The van der Waals surface area contributed by atoms with Gasteiger partial charge in [-0.05, 0) is 39.4 Å². The topological polar surface area (TPSA) is 26.3 Å². The first kappa shape index (κ1) is 10.4. The molecule has 15 heavy (non-hydrogen) atoms. The van der Waals surface area contributed by atoms with Crippen molar-refractivity contribution in [3.63, 3.8) is 0 Å². The normalized spacial score (nSPS) is 10.2. The van der Waals surface area contributed by atoms with Gasteiger partial charge in [0, 0.05) is 0 Å². The van der Waals surface area contributed by atoms with E-state index in [0.717, 1.165) is 21.0 Å². The lowest BCUT2D eigenvalue weighted by atomic mass is 10.1. The molecular weight excluding hydrogens is 303 g/mol. The van der Waals surface area contributed by atoms with Crippen molar-refractivity contribution in [3.05, 3.63) is 40.0 Å². The molecule has 0 unspecified atom stereocenters. The molecule has 3 heteroatoms. The summed E-state index contributed by atoms with van der Waals surface area (Å²) in [6.07, 6.45) is 0.755. The second kappa shape index (κ2) is 4.61. The number of benzene rings is 2. The van der Waals surface area contributed by atoms with Gasteiger partial charge in [0.2, 0.25) is 0 Å². The molecule has 0 amide bonds. The highest BCUT2D eigenvalue weighted by atomic mass is 127. The van der Waals surface area contributed by atoms with E-state index in [1.165, 1.54) is 5.39 Å². The number of ether oxygens (including phenoxy) is 1. The van der Waals surface area contributed by atoms with Gasteiger partial charge in [-0.15, -0.1) is 0 Å². The number of carbonyl (C=O) groups excluding carboxylic acids is 1. The number of rotatable bonds is 3. The largest absolute Gasteiger partial charge is 0.485 e. The minimum atomic E-state index is 0.105. The molecule has 0 radical (unpaired) electrons. The van der Waals surface area contributed by atoms with Crippen LogP contribution in [0.15, 0.2) is 36.4 Å². The van der Waals surface area contributed by atoms with E-state index < -0.39 is 0 Å². The molecule has 2 rings (SSSR count). The molecule has 2 aromatic carbocycles. The first-order chi connectivity index (χ1) is 7.33.